The summed E-state index contributed by atoms with van der Waals surface area (Å²) in [5.74, 6) is -0.441. The number of hydrogen-bond acceptors (Lipinski definition) is 3. The van der Waals surface area contributed by atoms with Crippen LogP contribution in [0.25, 0.3) is 0 Å². The Morgan fingerprint density at radius 2 is 1.84 bits per heavy atom. The topological polar surface area (TPSA) is 67.4 Å². The van der Waals surface area contributed by atoms with Crippen LogP contribution in [0.1, 0.15) is 22.3 Å². The van der Waals surface area contributed by atoms with Gasteiger partial charge in [-0.2, -0.15) is 0 Å². The fourth-order valence-electron chi connectivity index (χ4n) is 1.47. The molecule has 0 aromatic heterocycles. The van der Waals surface area contributed by atoms with E-state index >= 15 is 0 Å². The van der Waals surface area contributed by atoms with Crippen LogP contribution in [0.5, 0.6) is 0 Å². The minimum absolute atomic E-state index is 0.0142. The molecule has 0 fully saturated rings. The van der Waals surface area contributed by atoms with Crippen molar-refractivity contribution in [1.29, 1.82) is 0 Å². The van der Waals surface area contributed by atoms with Gasteiger partial charge in [0.1, 0.15) is 0 Å². The Labute approximate surface area is 113 Å². The van der Waals surface area contributed by atoms with Gasteiger partial charge in [0.05, 0.1) is 6.54 Å². The second kappa shape index (κ2) is 8.26. The van der Waals surface area contributed by atoms with Gasteiger partial charge < -0.3 is 15.4 Å². The standard InChI is InChI=1S/C14H20N2O3/c1-11-4-6-12(7-5-11)14(18)16-10-13(17)15-8-3-9-19-2/h4-7H,3,8-10H2,1-2H3,(H,15,17)(H,16,18). The fraction of sp³-hybridized carbons (Fsp3) is 0.429. The molecule has 0 heterocycles. The van der Waals surface area contributed by atoms with E-state index in [4.69, 9.17) is 4.74 Å². The first kappa shape index (κ1) is 15.2. The van der Waals surface area contributed by atoms with Gasteiger partial charge in [0, 0.05) is 25.8 Å². The van der Waals surface area contributed by atoms with E-state index in [-0.39, 0.29) is 18.4 Å². The first-order chi connectivity index (χ1) is 9.13. The largest absolute Gasteiger partial charge is 0.385 e. The van der Waals surface area contributed by atoms with Gasteiger partial charge in [-0.3, -0.25) is 9.59 Å². The molecule has 0 aliphatic carbocycles. The summed E-state index contributed by atoms with van der Waals surface area (Å²) in [6.45, 7) is 3.10. The van der Waals surface area contributed by atoms with Crippen molar-refractivity contribution in [2.75, 3.05) is 26.8 Å². The van der Waals surface area contributed by atoms with Crippen molar-refractivity contribution < 1.29 is 14.3 Å². The fourth-order valence-corrected chi connectivity index (χ4v) is 1.47. The molecule has 0 aliphatic rings. The molecule has 1 rings (SSSR count). The molecule has 19 heavy (non-hydrogen) atoms. The molecular weight excluding hydrogens is 244 g/mol. The van der Waals surface area contributed by atoms with Gasteiger partial charge in [0.25, 0.3) is 5.91 Å². The molecule has 1 aromatic rings. The van der Waals surface area contributed by atoms with E-state index < -0.39 is 0 Å². The average molecular weight is 264 g/mol. The third-order valence-electron chi connectivity index (χ3n) is 2.57. The Kier molecular flexibility index (Phi) is 6.60. The normalized spacial score (nSPS) is 10.0. The van der Waals surface area contributed by atoms with Gasteiger partial charge >= 0.3 is 0 Å². The summed E-state index contributed by atoms with van der Waals surface area (Å²) in [5.41, 5.74) is 1.64. The van der Waals surface area contributed by atoms with E-state index in [2.05, 4.69) is 10.6 Å². The zero-order valence-electron chi connectivity index (χ0n) is 11.4. The molecule has 104 valence electrons. The van der Waals surface area contributed by atoms with Crippen LogP contribution in [0, 0.1) is 6.92 Å². The predicted octanol–water partition coefficient (Wildman–Crippen LogP) is 0.878. The third-order valence-corrected chi connectivity index (χ3v) is 2.57. The molecule has 0 atom stereocenters. The number of ether oxygens (including phenoxy) is 1. The first-order valence-electron chi connectivity index (χ1n) is 6.24. The van der Waals surface area contributed by atoms with E-state index in [1.807, 2.05) is 19.1 Å². The SMILES string of the molecule is COCCCNC(=O)CNC(=O)c1ccc(C)cc1. The van der Waals surface area contributed by atoms with Crippen LogP contribution >= 0.6 is 0 Å². The average Bonchev–Trinajstić information content (AvgIpc) is 2.42. The Morgan fingerprint density at radius 1 is 1.16 bits per heavy atom. The maximum atomic E-state index is 11.7. The summed E-state index contributed by atoms with van der Waals surface area (Å²) in [6.07, 6.45) is 0.758. The van der Waals surface area contributed by atoms with Crippen molar-refractivity contribution in [2.45, 2.75) is 13.3 Å². The second-order valence-corrected chi connectivity index (χ2v) is 4.25. The molecule has 5 heteroatoms. The van der Waals surface area contributed by atoms with Crippen molar-refractivity contribution in [3.63, 3.8) is 0 Å². The Bertz CT molecular complexity index is 415. The van der Waals surface area contributed by atoms with Gasteiger partial charge in [-0.15, -0.1) is 0 Å². The van der Waals surface area contributed by atoms with Crippen molar-refractivity contribution in [1.82, 2.24) is 10.6 Å². The molecule has 0 spiro atoms. The minimum Gasteiger partial charge on any atom is -0.385 e. The van der Waals surface area contributed by atoms with Crippen molar-refractivity contribution in [2.24, 2.45) is 0 Å². The quantitative estimate of drug-likeness (QED) is 0.718. The molecule has 2 amide bonds. The number of hydrogen-bond donors (Lipinski definition) is 2. The molecular formula is C14H20N2O3. The molecule has 0 aliphatic heterocycles. The lowest BCUT2D eigenvalue weighted by Crippen LogP contribution is -2.37. The third kappa shape index (κ3) is 6.01. The monoisotopic (exact) mass is 264 g/mol. The Balaban J connectivity index is 2.26. The lowest BCUT2D eigenvalue weighted by Gasteiger charge is -2.07. The number of rotatable bonds is 7. The van der Waals surface area contributed by atoms with Crippen molar-refractivity contribution in [3.05, 3.63) is 35.4 Å². The van der Waals surface area contributed by atoms with Crippen LogP contribution in [0.3, 0.4) is 0 Å². The molecule has 2 N–H and O–H groups in total. The summed E-state index contributed by atoms with van der Waals surface area (Å²) in [7, 11) is 1.61. The van der Waals surface area contributed by atoms with Crippen LogP contribution in [-0.4, -0.2) is 38.6 Å². The molecule has 5 nitrogen and oxygen atoms in total. The highest BCUT2D eigenvalue weighted by molar-refractivity contribution is 5.96. The number of carbonyl (C=O) groups excluding carboxylic acids is 2. The second-order valence-electron chi connectivity index (χ2n) is 4.25. The first-order valence-corrected chi connectivity index (χ1v) is 6.24. The Morgan fingerprint density at radius 3 is 2.47 bits per heavy atom. The van der Waals surface area contributed by atoms with Crippen LogP contribution in [-0.2, 0) is 9.53 Å². The lowest BCUT2D eigenvalue weighted by molar-refractivity contribution is -0.120. The summed E-state index contributed by atoms with van der Waals surface area (Å²) >= 11 is 0. The highest BCUT2D eigenvalue weighted by Gasteiger charge is 2.07. The van der Waals surface area contributed by atoms with E-state index in [1.54, 1.807) is 19.2 Å². The Hall–Kier alpha value is -1.88. The lowest BCUT2D eigenvalue weighted by atomic mass is 10.1. The van der Waals surface area contributed by atoms with Gasteiger partial charge in [-0.25, -0.2) is 0 Å². The minimum atomic E-state index is -0.243. The molecule has 1 aromatic carbocycles. The summed E-state index contributed by atoms with van der Waals surface area (Å²) in [5, 5.41) is 5.28. The van der Waals surface area contributed by atoms with Crippen LogP contribution in [0.4, 0.5) is 0 Å². The smallest absolute Gasteiger partial charge is 0.251 e. The number of benzene rings is 1. The highest BCUT2D eigenvalue weighted by atomic mass is 16.5. The maximum absolute atomic E-state index is 11.7. The van der Waals surface area contributed by atoms with Gasteiger partial charge in [-0.05, 0) is 25.5 Å². The van der Waals surface area contributed by atoms with Gasteiger partial charge in [-0.1, -0.05) is 17.7 Å². The van der Waals surface area contributed by atoms with Crippen molar-refractivity contribution in [3.8, 4) is 0 Å². The van der Waals surface area contributed by atoms with Crippen LogP contribution in [0.2, 0.25) is 0 Å². The number of carbonyl (C=O) groups is 2. The van der Waals surface area contributed by atoms with E-state index in [0.717, 1.165) is 12.0 Å². The number of methoxy groups -OCH3 is 1. The molecule has 0 saturated carbocycles. The number of amides is 2. The summed E-state index contributed by atoms with van der Waals surface area (Å²) < 4.78 is 4.87. The molecule has 0 radical (unpaired) electrons. The van der Waals surface area contributed by atoms with Crippen molar-refractivity contribution >= 4 is 11.8 Å². The molecule has 0 bridgehead atoms. The molecule has 0 saturated heterocycles. The predicted molar refractivity (Wildman–Crippen MR) is 73.0 cm³/mol. The molecule has 0 unspecified atom stereocenters. The van der Waals surface area contributed by atoms with Gasteiger partial charge in [0.15, 0.2) is 0 Å². The van der Waals surface area contributed by atoms with E-state index in [0.29, 0.717) is 18.7 Å². The van der Waals surface area contributed by atoms with Crippen LogP contribution < -0.4 is 10.6 Å². The van der Waals surface area contributed by atoms with E-state index in [1.165, 1.54) is 0 Å². The summed E-state index contributed by atoms with van der Waals surface area (Å²) in [4.78, 5) is 23.2. The van der Waals surface area contributed by atoms with E-state index in [9.17, 15) is 9.59 Å². The number of aryl methyl sites for hydroxylation is 1. The highest BCUT2D eigenvalue weighted by Crippen LogP contribution is 2.02. The van der Waals surface area contributed by atoms with Gasteiger partial charge in [0.2, 0.25) is 5.91 Å². The maximum Gasteiger partial charge on any atom is 0.251 e. The van der Waals surface area contributed by atoms with Crippen LogP contribution in [0.15, 0.2) is 24.3 Å². The number of nitrogens with one attached hydrogen (secondary N) is 2. The summed E-state index contributed by atoms with van der Waals surface area (Å²) in [6, 6.07) is 7.20. The zero-order chi connectivity index (χ0) is 14.1. The zero-order valence-corrected chi connectivity index (χ0v) is 11.4.